The maximum Gasteiger partial charge on any atom is 0.294 e. The first-order valence-electron chi connectivity index (χ1n) is 3.31. The molecule has 4 heteroatoms. The molecule has 0 aliphatic carbocycles. The van der Waals surface area contributed by atoms with E-state index in [1.165, 1.54) is 0 Å². The Hall–Kier alpha value is -0.800. The van der Waals surface area contributed by atoms with E-state index in [9.17, 15) is 10.1 Å². The van der Waals surface area contributed by atoms with Gasteiger partial charge in [-0.3, -0.25) is 0 Å². The highest BCUT2D eigenvalue weighted by molar-refractivity contribution is 4.55. The minimum Gasteiger partial charge on any atom is -0.341 e. The summed E-state index contributed by atoms with van der Waals surface area (Å²) in [7, 11) is 0. The maximum atomic E-state index is 9.80. The summed E-state index contributed by atoms with van der Waals surface area (Å²) in [6, 6.07) is 0. The largest absolute Gasteiger partial charge is 0.341 e. The average molecular weight is 146 g/mol. The molecule has 0 spiro atoms. The van der Waals surface area contributed by atoms with Crippen LogP contribution in [0.25, 0.3) is 0 Å². The zero-order valence-electron chi connectivity index (χ0n) is 6.08. The van der Waals surface area contributed by atoms with Crippen LogP contribution >= 0.6 is 0 Å². The number of hydrogen-bond acceptors (Lipinski definition) is 3. The molecule has 0 rings (SSSR count). The Morgan fingerprint density at radius 2 is 2.40 bits per heavy atom. The van der Waals surface area contributed by atoms with Crippen LogP contribution in [0.15, 0.2) is 0 Å². The molecule has 0 saturated heterocycles. The molecule has 0 aromatic carbocycles. The van der Waals surface area contributed by atoms with E-state index in [1.54, 1.807) is 0 Å². The van der Waals surface area contributed by atoms with E-state index in [0.29, 0.717) is 12.8 Å². The van der Waals surface area contributed by atoms with Gasteiger partial charge in [-0.25, -0.2) is 0 Å². The first kappa shape index (κ1) is 9.20. The maximum absolute atomic E-state index is 9.80. The van der Waals surface area contributed by atoms with E-state index in [4.69, 9.17) is 0 Å². The molecule has 0 aromatic heterocycles. The minimum atomic E-state index is -0.758. The predicted molar refractivity (Wildman–Crippen MR) is 36.7 cm³/mol. The summed E-state index contributed by atoms with van der Waals surface area (Å²) in [5.74, 6) is 0. The Morgan fingerprint density at radius 3 is 2.70 bits per heavy atom. The molecular weight excluding hydrogens is 134 g/mol. The van der Waals surface area contributed by atoms with Gasteiger partial charge >= 0.3 is 0 Å². The van der Waals surface area contributed by atoms with Crippen LogP contribution in [-0.2, 0) is 4.84 Å². The number of nitrogens with zero attached hydrogens (tertiary/aromatic N) is 1. The second-order valence-corrected chi connectivity index (χ2v) is 2.03. The van der Waals surface area contributed by atoms with E-state index in [0.717, 1.165) is 6.42 Å². The summed E-state index contributed by atoms with van der Waals surface area (Å²) in [6.45, 7) is 5.48. The third-order valence-electron chi connectivity index (χ3n) is 1.17. The van der Waals surface area contributed by atoms with Crippen molar-refractivity contribution in [1.29, 1.82) is 0 Å². The van der Waals surface area contributed by atoms with E-state index in [2.05, 4.69) is 11.8 Å². The zero-order valence-corrected chi connectivity index (χ0v) is 6.08. The van der Waals surface area contributed by atoms with Gasteiger partial charge in [0, 0.05) is 0 Å². The lowest BCUT2D eigenvalue weighted by Crippen LogP contribution is -2.15. The minimum absolute atomic E-state index is 0.319. The summed E-state index contributed by atoms with van der Waals surface area (Å²) >= 11 is 0. The lowest BCUT2D eigenvalue weighted by Gasteiger charge is -2.13. The highest BCUT2D eigenvalue weighted by Crippen LogP contribution is 2.05. The molecule has 0 saturated carbocycles. The van der Waals surface area contributed by atoms with Crippen LogP contribution in [0.4, 0.5) is 0 Å². The summed E-state index contributed by atoms with van der Waals surface area (Å²) in [6.07, 6.45) is 1.72. The topological polar surface area (TPSA) is 52.4 Å². The molecule has 0 aliphatic heterocycles. The Bertz CT molecular complexity index is 105. The van der Waals surface area contributed by atoms with E-state index in [-0.39, 0.29) is 6.10 Å². The van der Waals surface area contributed by atoms with Crippen molar-refractivity contribution in [2.75, 3.05) is 0 Å². The molecule has 4 nitrogen and oxygen atoms in total. The lowest BCUT2D eigenvalue weighted by molar-refractivity contribution is -0.768. The summed E-state index contributed by atoms with van der Waals surface area (Å²) in [5.41, 5.74) is 0. The third-order valence-corrected chi connectivity index (χ3v) is 1.17. The van der Waals surface area contributed by atoms with Gasteiger partial charge in [0.1, 0.15) is 0 Å². The van der Waals surface area contributed by atoms with Gasteiger partial charge in [-0.05, 0) is 6.42 Å². The monoisotopic (exact) mass is 146 g/mol. The van der Waals surface area contributed by atoms with Crippen molar-refractivity contribution in [1.82, 2.24) is 0 Å². The molecular formula is C6H12NO3-. The molecule has 10 heavy (non-hydrogen) atoms. The molecule has 0 aliphatic rings. The standard InChI is InChI=1S/C6H12NO3/c1-3-5-6(4-2)10-7(8)9/h6H,2-5H2,1H3/q-1. The Labute approximate surface area is 60.3 Å². The van der Waals surface area contributed by atoms with Crippen molar-refractivity contribution < 1.29 is 9.92 Å². The Morgan fingerprint density at radius 1 is 1.80 bits per heavy atom. The van der Waals surface area contributed by atoms with Crippen molar-refractivity contribution in [2.24, 2.45) is 0 Å². The molecule has 1 atom stereocenters. The summed E-state index contributed by atoms with van der Waals surface area (Å²) in [5, 5.41) is 9.04. The fraction of sp³-hybridized carbons (Fsp3) is 0.833. The molecule has 0 bridgehead atoms. The van der Waals surface area contributed by atoms with Gasteiger partial charge in [0.2, 0.25) is 0 Å². The lowest BCUT2D eigenvalue weighted by atomic mass is 10.2. The Kier molecular flexibility index (Phi) is 4.62. The highest BCUT2D eigenvalue weighted by Gasteiger charge is 2.05. The van der Waals surface area contributed by atoms with Gasteiger partial charge < -0.3 is 11.8 Å². The molecule has 0 aromatic rings. The third kappa shape index (κ3) is 4.12. The molecule has 60 valence electrons. The van der Waals surface area contributed by atoms with Crippen LogP contribution in [0.5, 0.6) is 0 Å². The predicted octanol–water partition coefficient (Wildman–Crippen LogP) is 1.59. The van der Waals surface area contributed by atoms with Crippen LogP contribution in [0.2, 0.25) is 0 Å². The second kappa shape index (κ2) is 5.02. The van der Waals surface area contributed by atoms with E-state index >= 15 is 0 Å². The van der Waals surface area contributed by atoms with Gasteiger partial charge in [-0.15, -0.1) is 10.1 Å². The first-order valence-corrected chi connectivity index (χ1v) is 3.31. The van der Waals surface area contributed by atoms with Gasteiger partial charge in [0.15, 0.2) is 0 Å². The molecule has 1 unspecified atom stereocenters. The van der Waals surface area contributed by atoms with E-state index in [1.807, 2.05) is 6.92 Å². The van der Waals surface area contributed by atoms with E-state index < -0.39 is 5.09 Å². The van der Waals surface area contributed by atoms with Crippen molar-refractivity contribution in [2.45, 2.75) is 32.3 Å². The van der Waals surface area contributed by atoms with Gasteiger partial charge in [-0.2, -0.15) is 6.42 Å². The molecule has 0 radical (unpaired) electrons. The normalized spacial score (nSPS) is 12.6. The number of hydrogen-bond donors (Lipinski definition) is 0. The van der Waals surface area contributed by atoms with Crippen molar-refractivity contribution in [3.05, 3.63) is 17.0 Å². The van der Waals surface area contributed by atoms with Crippen LogP contribution in [0, 0.1) is 17.0 Å². The fourth-order valence-electron chi connectivity index (χ4n) is 0.693. The number of rotatable bonds is 5. The van der Waals surface area contributed by atoms with Gasteiger partial charge in [0.05, 0.1) is 6.10 Å². The molecule has 0 amide bonds. The van der Waals surface area contributed by atoms with Crippen molar-refractivity contribution in [3.63, 3.8) is 0 Å². The summed E-state index contributed by atoms with van der Waals surface area (Å²) in [4.78, 5) is 14.1. The Balaban J connectivity index is 3.49. The van der Waals surface area contributed by atoms with Crippen LogP contribution in [-0.4, -0.2) is 11.2 Å². The van der Waals surface area contributed by atoms with Gasteiger partial charge in [-0.1, -0.05) is 13.3 Å². The SMILES string of the molecule is [CH2-]CC(CCC)O[N+](=O)[O-]. The van der Waals surface area contributed by atoms with Crippen molar-refractivity contribution in [3.8, 4) is 0 Å². The average Bonchev–Trinajstić information content (AvgIpc) is 1.86. The smallest absolute Gasteiger partial charge is 0.294 e. The fourth-order valence-corrected chi connectivity index (χ4v) is 0.693. The van der Waals surface area contributed by atoms with Crippen LogP contribution in [0.1, 0.15) is 26.2 Å². The van der Waals surface area contributed by atoms with Crippen LogP contribution < -0.4 is 0 Å². The second-order valence-electron chi connectivity index (χ2n) is 2.03. The molecule has 0 N–H and O–H groups in total. The first-order chi connectivity index (χ1) is 4.70. The quantitative estimate of drug-likeness (QED) is 0.336. The molecule has 0 fully saturated rings. The van der Waals surface area contributed by atoms with Crippen LogP contribution in [0.3, 0.4) is 0 Å². The zero-order chi connectivity index (χ0) is 7.98. The van der Waals surface area contributed by atoms with Gasteiger partial charge in [0.25, 0.3) is 5.09 Å². The summed E-state index contributed by atoms with van der Waals surface area (Å²) < 4.78 is 0. The molecule has 0 heterocycles. The van der Waals surface area contributed by atoms with Crippen molar-refractivity contribution >= 4 is 0 Å². The highest BCUT2D eigenvalue weighted by atomic mass is 17.0.